The lowest BCUT2D eigenvalue weighted by molar-refractivity contribution is -0.142. The van der Waals surface area contributed by atoms with Crippen LogP contribution in [0.4, 0.5) is 0 Å². The van der Waals surface area contributed by atoms with Crippen LogP contribution < -0.4 is 0 Å². The van der Waals surface area contributed by atoms with Gasteiger partial charge in [-0.2, -0.15) is 0 Å². The predicted octanol–water partition coefficient (Wildman–Crippen LogP) is 2.32. The molecule has 72 valence electrons. The number of hydrogen-bond donors (Lipinski definition) is 0. The number of ether oxygens (including phenoxy) is 1. The summed E-state index contributed by atoms with van der Waals surface area (Å²) in [6, 6.07) is 0. The van der Waals surface area contributed by atoms with Crippen LogP contribution in [-0.2, 0) is 9.53 Å². The largest absolute Gasteiger partial charge is 0.469 e. The Hall–Kier alpha value is -1.05. The molecule has 2 heteroatoms. The summed E-state index contributed by atoms with van der Waals surface area (Å²) in [5.41, 5.74) is 0.0585. The van der Waals surface area contributed by atoms with Crippen LogP contribution in [0.3, 0.4) is 0 Å². The molecule has 0 saturated carbocycles. The lowest BCUT2D eigenvalue weighted by atomic mass is 9.74. The summed E-state index contributed by atoms with van der Waals surface area (Å²) in [5.74, 6) is 0.114. The standard InChI is InChI=1S/C11H16O2/c1-11(2)7-5-4-6-9(11)8-10(12)13-3/h4-7,9H,8H2,1-3H3/t9-/m1/s1. The molecular weight excluding hydrogens is 164 g/mol. The molecule has 1 aliphatic rings. The average Bonchev–Trinajstić information content (AvgIpc) is 2.08. The normalized spacial score (nSPS) is 24.4. The first-order chi connectivity index (χ1) is 6.06. The Morgan fingerprint density at radius 1 is 1.46 bits per heavy atom. The number of esters is 1. The maximum absolute atomic E-state index is 11.1. The van der Waals surface area contributed by atoms with Crippen molar-refractivity contribution in [1.29, 1.82) is 0 Å². The highest BCUT2D eigenvalue weighted by Gasteiger charge is 2.28. The summed E-state index contributed by atoms with van der Waals surface area (Å²) in [4.78, 5) is 11.1. The molecule has 0 aromatic carbocycles. The van der Waals surface area contributed by atoms with E-state index in [1.807, 2.05) is 12.2 Å². The van der Waals surface area contributed by atoms with Crippen molar-refractivity contribution in [3.05, 3.63) is 24.3 Å². The van der Waals surface area contributed by atoms with Crippen molar-refractivity contribution < 1.29 is 9.53 Å². The molecule has 1 rings (SSSR count). The Kier molecular flexibility index (Phi) is 2.91. The van der Waals surface area contributed by atoms with Gasteiger partial charge in [0.2, 0.25) is 0 Å². The van der Waals surface area contributed by atoms with Crippen molar-refractivity contribution >= 4 is 5.97 Å². The third-order valence-electron chi connectivity index (χ3n) is 2.55. The summed E-state index contributed by atoms with van der Waals surface area (Å²) in [5, 5.41) is 0. The van der Waals surface area contributed by atoms with Crippen molar-refractivity contribution in [2.75, 3.05) is 7.11 Å². The fourth-order valence-corrected chi connectivity index (χ4v) is 1.47. The minimum atomic E-state index is -0.141. The summed E-state index contributed by atoms with van der Waals surface area (Å²) in [7, 11) is 1.43. The highest BCUT2D eigenvalue weighted by molar-refractivity contribution is 5.70. The van der Waals surface area contributed by atoms with Crippen LogP contribution >= 0.6 is 0 Å². The molecule has 0 aromatic heterocycles. The number of hydrogen-bond acceptors (Lipinski definition) is 2. The van der Waals surface area contributed by atoms with Gasteiger partial charge in [0, 0.05) is 0 Å². The lowest BCUT2D eigenvalue weighted by Crippen LogP contribution is -2.24. The minimum absolute atomic E-state index is 0.0585. The highest BCUT2D eigenvalue weighted by atomic mass is 16.5. The van der Waals surface area contributed by atoms with Gasteiger partial charge in [-0.25, -0.2) is 0 Å². The molecule has 1 atom stereocenters. The van der Waals surface area contributed by atoms with Crippen LogP contribution in [0.2, 0.25) is 0 Å². The molecule has 0 saturated heterocycles. The molecule has 1 aliphatic carbocycles. The first-order valence-corrected chi connectivity index (χ1v) is 4.49. The fraction of sp³-hybridized carbons (Fsp3) is 0.545. The number of methoxy groups -OCH3 is 1. The Bertz CT molecular complexity index is 249. The first kappa shape index (κ1) is 10.0. The number of carbonyl (C=O) groups is 1. The topological polar surface area (TPSA) is 26.3 Å². The van der Waals surface area contributed by atoms with E-state index in [-0.39, 0.29) is 17.3 Å². The minimum Gasteiger partial charge on any atom is -0.469 e. The van der Waals surface area contributed by atoms with Gasteiger partial charge >= 0.3 is 5.97 Å². The van der Waals surface area contributed by atoms with Crippen molar-refractivity contribution in [2.45, 2.75) is 20.3 Å². The Morgan fingerprint density at radius 3 is 2.69 bits per heavy atom. The molecule has 0 fully saturated rings. The SMILES string of the molecule is COC(=O)C[C@H]1C=CC=CC1(C)C. The third-order valence-corrected chi connectivity index (χ3v) is 2.55. The quantitative estimate of drug-likeness (QED) is 0.609. The van der Waals surface area contributed by atoms with Crippen LogP contribution in [0.5, 0.6) is 0 Å². The summed E-state index contributed by atoms with van der Waals surface area (Å²) in [6.45, 7) is 4.25. The molecule has 0 N–H and O–H groups in total. The fourth-order valence-electron chi connectivity index (χ4n) is 1.47. The second kappa shape index (κ2) is 3.77. The van der Waals surface area contributed by atoms with Crippen LogP contribution in [0, 0.1) is 11.3 Å². The van der Waals surface area contributed by atoms with E-state index in [9.17, 15) is 4.79 Å². The molecule has 2 nitrogen and oxygen atoms in total. The van der Waals surface area contributed by atoms with Crippen LogP contribution in [-0.4, -0.2) is 13.1 Å². The Labute approximate surface area is 79.3 Å². The Balaban J connectivity index is 2.64. The van der Waals surface area contributed by atoms with Gasteiger partial charge in [-0.15, -0.1) is 0 Å². The van der Waals surface area contributed by atoms with Gasteiger partial charge < -0.3 is 4.74 Å². The molecule has 0 heterocycles. The highest BCUT2D eigenvalue weighted by Crippen LogP contribution is 2.34. The molecular formula is C11H16O2. The van der Waals surface area contributed by atoms with Gasteiger partial charge in [0.1, 0.15) is 0 Å². The lowest BCUT2D eigenvalue weighted by Gasteiger charge is -2.30. The van der Waals surface area contributed by atoms with E-state index >= 15 is 0 Å². The second-order valence-electron chi connectivity index (χ2n) is 3.95. The maximum atomic E-state index is 11.1. The molecule has 0 unspecified atom stereocenters. The van der Waals surface area contributed by atoms with Gasteiger partial charge in [0.15, 0.2) is 0 Å². The zero-order valence-corrected chi connectivity index (χ0v) is 8.41. The molecule has 0 radical (unpaired) electrons. The summed E-state index contributed by atoms with van der Waals surface area (Å²) < 4.78 is 4.65. The van der Waals surface area contributed by atoms with Crippen LogP contribution in [0.1, 0.15) is 20.3 Å². The number of rotatable bonds is 2. The smallest absolute Gasteiger partial charge is 0.306 e. The van der Waals surface area contributed by atoms with Crippen LogP contribution in [0.25, 0.3) is 0 Å². The van der Waals surface area contributed by atoms with Crippen molar-refractivity contribution in [2.24, 2.45) is 11.3 Å². The third kappa shape index (κ3) is 2.44. The number of allylic oxidation sites excluding steroid dienone is 4. The summed E-state index contributed by atoms with van der Waals surface area (Å²) in [6.07, 6.45) is 8.66. The van der Waals surface area contributed by atoms with E-state index in [0.29, 0.717) is 6.42 Å². The molecule has 0 amide bonds. The first-order valence-electron chi connectivity index (χ1n) is 4.49. The zero-order valence-electron chi connectivity index (χ0n) is 8.41. The van der Waals surface area contributed by atoms with Gasteiger partial charge in [0.05, 0.1) is 13.5 Å². The zero-order chi connectivity index (χ0) is 9.90. The van der Waals surface area contributed by atoms with E-state index < -0.39 is 0 Å². The molecule has 0 bridgehead atoms. The van der Waals surface area contributed by atoms with Crippen molar-refractivity contribution in [3.63, 3.8) is 0 Å². The Morgan fingerprint density at radius 2 is 2.15 bits per heavy atom. The average molecular weight is 180 g/mol. The predicted molar refractivity (Wildman–Crippen MR) is 52.2 cm³/mol. The van der Waals surface area contributed by atoms with Gasteiger partial charge in [-0.3, -0.25) is 4.79 Å². The van der Waals surface area contributed by atoms with Crippen LogP contribution in [0.15, 0.2) is 24.3 Å². The van der Waals surface area contributed by atoms with Crippen molar-refractivity contribution in [1.82, 2.24) is 0 Å². The van der Waals surface area contributed by atoms with Gasteiger partial charge in [-0.05, 0) is 11.3 Å². The molecule has 13 heavy (non-hydrogen) atoms. The maximum Gasteiger partial charge on any atom is 0.306 e. The van der Waals surface area contributed by atoms with E-state index in [2.05, 4.69) is 30.7 Å². The van der Waals surface area contributed by atoms with E-state index in [0.717, 1.165) is 0 Å². The number of carbonyl (C=O) groups excluding carboxylic acids is 1. The second-order valence-corrected chi connectivity index (χ2v) is 3.95. The van der Waals surface area contributed by atoms with E-state index in [1.165, 1.54) is 7.11 Å². The molecule has 0 aliphatic heterocycles. The van der Waals surface area contributed by atoms with E-state index in [1.54, 1.807) is 0 Å². The molecule has 0 aromatic rings. The molecule has 0 spiro atoms. The van der Waals surface area contributed by atoms with Gasteiger partial charge in [0.25, 0.3) is 0 Å². The summed E-state index contributed by atoms with van der Waals surface area (Å²) >= 11 is 0. The van der Waals surface area contributed by atoms with Gasteiger partial charge in [-0.1, -0.05) is 38.2 Å². The van der Waals surface area contributed by atoms with Crippen molar-refractivity contribution in [3.8, 4) is 0 Å². The van der Waals surface area contributed by atoms with E-state index in [4.69, 9.17) is 0 Å². The monoisotopic (exact) mass is 180 g/mol.